The molecule has 0 atom stereocenters. The van der Waals surface area contributed by atoms with E-state index in [2.05, 4.69) is 26.2 Å². The molecule has 1 heterocycles. The first-order valence-electron chi connectivity index (χ1n) is 5.66. The van der Waals surface area contributed by atoms with E-state index in [0.29, 0.717) is 16.6 Å². The number of aromatic nitrogens is 1. The first-order chi connectivity index (χ1) is 8.57. The lowest BCUT2D eigenvalue weighted by Crippen LogP contribution is -2.35. The maximum absolute atomic E-state index is 12.1. The second-order valence-electron chi connectivity index (χ2n) is 5.13. The molecule has 0 bridgehead atoms. The van der Waals surface area contributed by atoms with E-state index >= 15 is 0 Å². The number of nitrogens with zero attached hydrogens (tertiary/aromatic N) is 1. The number of rotatable bonds is 4. The molecule has 19 heavy (non-hydrogen) atoms. The van der Waals surface area contributed by atoms with Crippen LogP contribution in [-0.2, 0) is 6.54 Å². The Morgan fingerprint density at radius 2 is 1.95 bits per heavy atom. The minimum Gasteiger partial charge on any atom is -0.468 e. The van der Waals surface area contributed by atoms with Crippen molar-refractivity contribution in [3.63, 3.8) is 0 Å². The zero-order chi connectivity index (χ0) is 14.7. The standard InChI is InChI=1S/C12H16BrF3N2O/c1-11(2,3)18-5-8-4-9(13)6-17-10(8)19-7-12(14,15)16/h4,6,18H,5,7H2,1-3H3. The molecule has 0 unspecified atom stereocenters. The van der Waals surface area contributed by atoms with Crippen molar-refractivity contribution in [1.29, 1.82) is 0 Å². The van der Waals surface area contributed by atoms with Crippen molar-refractivity contribution in [3.8, 4) is 5.88 Å². The SMILES string of the molecule is CC(C)(C)NCc1cc(Br)cnc1OCC(F)(F)F. The number of nitrogens with one attached hydrogen (secondary N) is 1. The number of ether oxygens (including phenoxy) is 1. The van der Waals surface area contributed by atoms with Crippen LogP contribution in [0.1, 0.15) is 26.3 Å². The van der Waals surface area contributed by atoms with E-state index in [9.17, 15) is 13.2 Å². The van der Waals surface area contributed by atoms with E-state index in [-0.39, 0.29) is 11.4 Å². The summed E-state index contributed by atoms with van der Waals surface area (Å²) < 4.78 is 41.9. The molecule has 0 spiro atoms. The smallest absolute Gasteiger partial charge is 0.422 e. The van der Waals surface area contributed by atoms with Crippen LogP contribution >= 0.6 is 15.9 Å². The molecule has 1 N–H and O–H groups in total. The predicted molar refractivity (Wildman–Crippen MR) is 70.1 cm³/mol. The number of hydrogen-bond acceptors (Lipinski definition) is 3. The summed E-state index contributed by atoms with van der Waals surface area (Å²) >= 11 is 3.24. The molecule has 0 radical (unpaired) electrons. The third-order valence-electron chi connectivity index (χ3n) is 2.07. The highest BCUT2D eigenvalue weighted by molar-refractivity contribution is 9.10. The van der Waals surface area contributed by atoms with Crippen LogP contribution in [0.3, 0.4) is 0 Å². The van der Waals surface area contributed by atoms with E-state index in [0.717, 1.165) is 0 Å². The van der Waals surface area contributed by atoms with Gasteiger partial charge >= 0.3 is 6.18 Å². The molecule has 3 nitrogen and oxygen atoms in total. The number of hydrogen-bond donors (Lipinski definition) is 1. The quantitative estimate of drug-likeness (QED) is 0.907. The van der Waals surface area contributed by atoms with Crippen LogP contribution in [0.15, 0.2) is 16.7 Å². The lowest BCUT2D eigenvalue weighted by Gasteiger charge is -2.21. The zero-order valence-electron chi connectivity index (χ0n) is 10.9. The third-order valence-corrected chi connectivity index (χ3v) is 2.51. The highest BCUT2D eigenvalue weighted by atomic mass is 79.9. The lowest BCUT2D eigenvalue weighted by molar-refractivity contribution is -0.154. The minimum absolute atomic E-state index is 0.00252. The topological polar surface area (TPSA) is 34.2 Å². The maximum Gasteiger partial charge on any atom is 0.422 e. The minimum atomic E-state index is -4.37. The van der Waals surface area contributed by atoms with Gasteiger partial charge in [0.2, 0.25) is 5.88 Å². The van der Waals surface area contributed by atoms with E-state index in [1.165, 1.54) is 6.20 Å². The Labute approximate surface area is 118 Å². The summed E-state index contributed by atoms with van der Waals surface area (Å²) in [6.07, 6.45) is -2.96. The van der Waals surface area contributed by atoms with Crippen LogP contribution in [-0.4, -0.2) is 23.3 Å². The molecule has 0 saturated carbocycles. The lowest BCUT2D eigenvalue weighted by atomic mass is 10.1. The van der Waals surface area contributed by atoms with Crippen LogP contribution in [0, 0.1) is 0 Å². The van der Waals surface area contributed by atoms with Crippen molar-refractivity contribution < 1.29 is 17.9 Å². The van der Waals surface area contributed by atoms with Gasteiger partial charge in [0, 0.05) is 28.3 Å². The van der Waals surface area contributed by atoms with Gasteiger partial charge in [-0.25, -0.2) is 4.98 Å². The second kappa shape index (κ2) is 6.09. The van der Waals surface area contributed by atoms with Crippen LogP contribution in [0.5, 0.6) is 5.88 Å². The zero-order valence-corrected chi connectivity index (χ0v) is 12.5. The molecule has 1 aromatic rings. The van der Waals surface area contributed by atoms with Crippen molar-refractivity contribution in [2.75, 3.05) is 6.61 Å². The highest BCUT2D eigenvalue weighted by Crippen LogP contribution is 2.23. The van der Waals surface area contributed by atoms with Gasteiger partial charge in [0.05, 0.1) is 0 Å². The summed E-state index contributed by atoms with van der Waals surface area (Å²) in [7, 11) is 0. The summed E-state index contributed by atoms with van der Waals surface area (Å²) in [5.41, 5.74) is 0.428. The van der Waals surface area contributed by atoms with Crippen molar-refractivity contribution >= 4 is 15.9 Å². The summed E-state index contributed by atoms with van der Waals surface area (Å²) in [5.74, 6) is -0.00252. The number of pyridine rings is 1. The Kier molecular flexibility index (Phi) is 5.20. The van der Waals surface area contributed by atoms with Gasteiger partial charge in [-0.1, -0.05) is 0 Å². The van der Waals surface area contributed by atoms with Crippen LogP contribution in [0.4, 0.5) is 13.2 Å². The molecule has 0 fully saturated rings. The molecule has 7 heteroatoms. The van der Waals surface area contributed by atoms with Gasteiger partial charge in [0.1, 0.15) is 0 Å². The van der Waals surface area contributed by atoms with Crippen LogP contribution < -0.4 is 10.1 Å². The maximum atomic E-state index is 12.1. The average molecular weight is 341 g/mol. The van der Waals surface area contributed by atoms with E-state index < -0.39 is 12.8 Å². The Hall–Kier alpha value is -0.820. The largest absolute Gasteiger partial charge is 0.468 e. The fraction of sp³-hybridized carbons (Fsp3) is 0.583. The summed E-state index contributed by atoms with van der Waals surface area (Å²) in [6, 6.07) is 1.69. The molecular formula is C12H16BrF3N2O. The van der Waals surface area contributed by atoms with Crippen molar-refractivity contribution in [2.45, 2.75) is 39.0 Å². The fourth-order valence-electron chi connectivity index (χ4n) is 1.24. The molecule has 0 aliphatic heterocycles. The van der Waals surface area contributed by atoms with Gasteiger partial charge in [0.25, 0.3) is 0 Å². The molecule has 0 saturated heterocycles. The molecule has 0 aliphatic carbocycles. The van der Waals surface area contributed by atoms with E-state index in [4.69, 9.17) is 4.74 Å². The van der Waals surface area contributed by atoms with Gasteiger partial charge in [-0.15, -0.1) is 0 Å². The van der Waals surface area contributed by atoms with Gasteiger partial charge in [0.15, 0.2) is 6.61 Å². The molecule has 0 amide bonds. The third kappa shape index (κ3) is 6.77. The Balaban J connectivity index is 2.80. The first-order valence-corrected chi connectivity index (χ1v) is 6.45. The first kappa shape index (κ1) is 16.2. The van der Waals surface area contributed by atoms with Crippen molar-refractivity contribution in [1.82, 2.24) is 10.3 Å². The second-order valence-corrected chi connectivity index (χ2v) is 6.04. The Morgan fingerprint density at radius 3 is 2.47 bits per heavy atom. The molecule has 0 aromatic carbocycles. The molecule has 1 aromatic heterocycles. The number of alkyl halides is 3. The number of halogens is 4. The monoisotopic (exact) mass is 340 g/mol. The van der Waals surface area contributed by atoms with Gasteiger partial charge in [-0.2, -0.15) is 13.2 Å². The Bertz CT molecular complexity index is 430. The summed E-state index contributed by atoms with van der Waals surface area (Å²) in [5, 5.41) is 3.18. The Morgan fingerprint density at radius 1 is 1.32 bits per heavy atom. The molecule has 0 aliphatic rings. The van der Waals surface area contributed by atoms with E-state index in [1.54, 1.807) is 6.07 Å². The molecule has 1 rings (SSSR count). The molecule has 108 valence electrons. The normalized spacial score (nSPS) is 12.6. The van der Waals surface area contributed by atoms with Crippen LogP contribution in [0.25, 0.3) is 0 Å². The van der Waals surface area contributed by atoms with Gasteiger partial charge < -0.3 is 10.1 Å². The summed E-state index contributed by atoms with van der Waals surface area (Å²) in [6.45, 7) is 4.94. The average Bonchev–Trinajstić information content (AvgIpc) is 2.22. The molecular weight excluding hydrogens is 325 g/mol. The van der Waals surface area contributed by atoms with Gasteiger partial charge in [-0.05, 0) is 42.8 Å². The van der Waals surface area contributed by atoms with E-state index in [1.807, 2.05) is 20.8 Å². The summed E-state index contributed by atoms with van der Waals surface area (Å²) in [4.78, 5) is 3.87. The van der Waals surface area contributed by atoms with Crippen molar-refractivity contribution in [2.24, 2.45) is 0 Å². The van der Waals surface area contributed by atoms with Crippen molar-refractivity contribution in [3.05, 3.63) is 22.3 Å². The van der Waals surface area contributed by atoms with Gasteiger partial charge in [-0.3, -0.25) is 0 Å². The highest BCUT2D eigenvalue weighted by Gasteiger charge is 2.29. The predicted octanol–water partition coefficient (Wildman–Crippen LogP) is 3.67. The van der Waals surface area contributed by atoms with Crippen LogP contribution in [0.2, 0.25) is 0 Å². The fourth-order valence-corrected chi connectivity index (χ4v) is 1.61.